The highest BCUT2D eigenvalue weighted by Gasteiger charge is 2.38. The van der Waals surface area contributed by atoms with E-state index in [0.29, 0.717) is 0 Å². The van der Waals surface area contributed by atoms with Crippen molar-refractivity contribution in [1.82, 2.24) is 4.57 Å². The molecule has 2 aliphatic rings. The zero-order chi connectivity index (χ0) is 40.2. The molecule has 11 aromatic rings. The first-order valence-electron chi connectivity index (χ1n) is 21.0. The number of fused-ring (bicyclic) bond motifs is 15. The lowest BCUT2D eigenvalue weighted by Crippen LogP contribution is -2.37. The van der Waals surface area contributed by atoms with E-state index >= 15 is 0 Å². The van der Waals surface area contributed by atoms with Gasteiger partial charge >= 0.3 is 0 Å². The molecule has 60 heavy (non-hydrogen) atoms. The monoisotopic (exact) mass is 771 g/mol. The minimum atomic E-state index is -0.115. The molecule has 0 fully saturated rings. The molecule has 0 amide bonds. The van der Waals surface area contributed by atoms with Crippen molar-refractivity contribution >= 4 is 95.3 Å². The van der Waals surface area contributed by atoms with Crippen molar-refractivity contribution in [2.45, 2.75) is 45.4 Å². The van der Waals surface area contributed by atoms with Crippen molar-refractivity contribution in [1.29, 1.82) is 0 Å². The molecule has 8 aromatic carbocycles. The van der Waals surface area contributed by atoms with Crippen molar-refractivity contribution in [3.05, 3.63) is 162 Å². The van der Waals surface area contributed by atoms with Gasteiger partial charge in [0.05, 0.1) is 5.52 Å². The molecule has 1 N–H and O–H groups in total. The third-order valence-corrected chi connectivity index (χ3v) is 13.6. The fourth-order valence-electron chi connectivity index (χ4n) is 10.6. The topological polar surface area (TPSA) is 43.2 Å². The third-order valence-electron chi connectivity index (χ3n) is 13.6. The van der Waals surface area contributed by atoms with Crippen molar-refractivity contribution in [2.24, 2.45) is 0 Å². The van der Waals surface area contributed by atoms with Gasteiger partial charge in [0.15, 0.2) is 7.28 Å². The Hall–Kier alpha value is -6.98. The molecule has 0 saturated heterocycles. The van der Waals surface area contributed by atoms with E-state index in [9.17, 15) is 0 Å². The highest BCUT2D eigenvalue weighted by molar-refractivity contribution is 6.74. The largest absolute Gasteiger partial charge is 0.456 e. The van der Waals surface area contributed by atoms with Crippen molar-refractivity contribution in [3.63, 3.8) is 0 Å². The Balaban J connectivity index is 1.12. The first-order valence-corrected chi connectivity index (χ1v) is 21.0. The van der Waals surface area contributed by atoms with E-state index in [4.69, 9.17) is 8.83 Å². The number of rotatable bonds is 3. The van der Waals surface area contributed by atoms with Crippen molar-refractivity contribution in [2.75, 3.05) is 5.32 Å². The highest BCUT2D eigenvalue weighted by Crippen LogP contribution is 2.53. The fraction of sp³-hybridized carbons (Fsp3) is 0.127. The van der Waals surface area contributed by atoms with Crippen LogP contribution in [0.15, 0.2) is 154 Å². The van der Waals surface area contributed by atoms with Gasteiger partial charge in [0.2, 0.25) is 0 Å². The predicted octanol–water partition coefficient (Wildman–Crippen LogP) is 13.6. The summed E-state index contributed by atoms with van der Waals surface area (Å²) in [5.74, 6) is 0. The number of nitrogens with one attached hydrogen (secondary N) is 1. The molecule has 0 unspecified atom stereocenters. The molecule has 4 heterocycles. The van der Waals surface area contributed by atoms with Crippen LogP contribution in [0.25, 0.3) is 93.6 Å². The molecule has 1 aliphatic carbocycles. The normalized spacial score (nSPS) is 14.0. The lowest BCUT2D eigenvalue weighted by Gasteiger charge is -2.24. The van der Waals surface area contributed by atoms with E-state index in [1.54, 1.807) is 0 Å². The van der Waals surface area contributed by atoms with E-state index < -0.39 is 0 Å². The summed E-state index contributed by atoms with van der Waals surface area (Å²) in [6.45, 7) is 11.5. The van der Waals surface area contributed by atoms with Gasteiger partial charge in [-0.25, -0.2) is 0 Å². The fourth-order valence-corrected chi connectivity index (χ4v) is 10.6. The average molecular weight is 772 g/mol. The number of nitrogens with zero attached hydrogens (tertiary/aromatic N) is 1. The lowest BCUT2D eigenvalue weighted by molar-refractivity contribution is 0.590. The number of furan rings is 2. The quantitative estimate of drug-likeness (QED) is 0.182. The third kappa shape index (κ3) is 4.52. The second-order valence-corrected chi connectivity index (χ2v) is 18.4. The minimum Gasteiger partial charge on any atom is -0.456 e. The van der Waals surface area contributed by atoms with Gasteiger partial charge in [0.25, 0.3) is 0 Å². The molecule has 3 aromatic heterocycles. The lowest BCUT2D eigenvalue weighted by atomic mass is 9.59. The summed E-state index contributed by atoms with van der Waals surface area (Å²) in [6.07, 6.45) is 0. The van der Waals surface area contributed by atoms with Crippen LogP contribution in [0.1, 0.15) is 51.3 Å². The minimum absolute atomic E-state index is 0.0627. The van der Waals surface area contributed by atoms with E-state index in [1.807, 2.05) is 12.1 Å². The summed E-state index contributed by atoms with van der Waals surface area (Å²) in [5.41, 5.74) is 20.4. The number of para-hydroxylation sites is 2. The zero-order valence-corrected chi connectivity index (χ0v) is 34.2. The molecule has 0 spiro atoms. The van der Waals surface area contributed by atoms with E-state index in [0.717, 1.165) is 77.5 Å². The molecule has 1 aliphatic heterocycles. The van der Waals surface area contributed by atoms with Gasteiger partial charge in [0, 0.05) is 71.9 Å². The first kappa shape index (κ1) is 33.9. The van der Waals surface area contributed by atoms with Gasteiger partial charge in [-0.1, -0.05) is 137 Å². The number of anilines is 2. The van der Waals surface area contributed by atoms with Gasteiger partial charge in [-0.3, -0.25) is 0 Å². The van der Waals surface area contributed by atoms with E-state index in [2.05, 4.69) is 185 Å². The van der Waals surface area contributed by atoms with Gasteiger partial charge in [-0.2, -0.15) is 0 Å². The molecule has 1 radical (unpaired) electrons. The van der Waals surface area contributed by atoms with Crippen LogP contribution in [0, 0.1) is 0 Å². The Bertz CT molecular complexity index is 3670. The predicted molar refractivity (Wildman–Crippen MR) is 252 cm³/mol. The van der Waals surface area contributed by atoms with Gasteiger partial charge < -0.3 is 18.7 Å². The van der Waals surface area contributed by atoms with Crippen LogP contribution in [0.2, 0.25) is 0 Å². The van der Waals surface area contributed by atoms with Gasteiger partial charge in [-0.05, 0) is 86.7 Å². The second-order valence-electron chi connectivity index (χ2n) is 18.4. The molecule has 4 nitrogen and oxygen atoms in total. The van der Waals surface area contributed by atoms with Crippen LogP contribution >= 0.6 is 0 Å². The Morgan fingerprint density at radius 3 is 2.00 bits per heavy atom. The van der Waals surface area contributed by atoms with E-state index in [-0.39, 0.29) is 10.8 Å². The summed E-state index contributed by atoms with van der Waals surface area (Å²) in [4.78, 5) is 0. The van der Waals surface area contributed by atoms with Crippen molar-refractivity contribution in [3.8, 4) is 27.9 Å². The SMILES string of the molecule is CC(C)(C)c1ccc(Nc2cc3c(cc2-c2ccc4c5c6c(ccc5n5c4c2[B]c2cc4c(cc2-5)oc2ccccc24)C(C)(C)c2ccccc2-6)oc2ccccc23)cc1. The Morgan fingerprint density at radius 1 is 0.567 bits per heavy atom. The summed E-state index contributed by atoms with van der Waals surface area (Å²) < 4.78 is 15.7. The Labute approximate surface area is 348 Å². The number of aromatic nitrogens is 1. The van der Waals surface area contributed by atoms with Crippen LogP contribution in [-0.4, -0.2) is 11.8 Å². The van der Waals surface area contributed by atoms with Gasteiger partial charge in [0.1, 0.15) is 22.3 Å². The molecule has 285 valence electrons. The second kappa shape index (κ2) is 11.6. The van der Waals surface area contributed by atoms with Crippen LogP contribution in [0.4, 0.5) is 11.4 Å². The van der Waals surface area contributed by atoms with Crippen LogP contribution < -0.4 is 16.2 Å². The van der Waals surface area contributed by atoms with Crippen LogP contribution in [-0.2, 0) is 10.8 Å². The molecule has 13 rings (SSSR count). The van der Waals surface area contributed by atoms with Crippen LogP contribution in [0.3, 0.4) is 0 Å². The van der Waals surface area contributed by atoms with Gasteiger partial charge in [-0.15, -0.1) is 0 Å². The summed E-state index contributed by atoms with van der Waals surface area (Å²) in [7, 11) is 2.41. The smallest absolute Gasteiger partial charge is 0.197 e. The molecule has 0 bridgehead atoms. The maximum absolute atomic E-state index is 6.61. The van der Waals surface area contributed by atoms with E-state index in [1.165, 1.54) is 55.1 Å². The van der Waals surface area contributed by atoms with Crippen molar-refractivity contribution < 1.29 is 8.83 Å². The number of benzene rings is 8. The standard InChI is InChI=1S/C55H40BN2O2/c1-54(2,3)30-18-20-31(21-19-30)57-43-27-39-33-13-8-11-17-47(33)59-48(39)28-37(43)34-22-23-36-51-44(25-24-41-50(51)35-14-6-9-15-40(35)55(41,4)5)58-45-29-49-38(26-42(45)56-52(34)53(36)58)32-12-7-10-16-46(32)60-49/h6-29,57H,1-5H3. The number of hydrogen-bond donors (Lipinski definition) is 1. The highest BCUT2D eigenvalue weighted by atomic mass is 16.3. The Morgan fingerprint density at radius 2 is 1.25 bits per heavy atom. The summed E-state index contributed by atoms with van der Waals surface area (Å²) in [5, 5.41) is 10.9. The molecular weight excluding hydrogens is 731 g/mol. The summed E-state index contributed by atoms with van der Waals surface area (Å²) >= 11 is 0. The summed E-state index contributed by atoms with van der Waals surface area (Å²) in [6, 6.07) is 53.2. The molecule has 0 saturated carbocycles. The molecule has 5 heteroatoms. The maximum atomic E-state index is 6.61. The average Bonchev–Trinajstić information content (AvgIpc) is 3.97. The van der Waals surface area contributed by atoms with Crippen LogP contribution in [0.5, 0.6) is 0 Å². The number of hydrogen-bond acceptors (Lipinski definition) is 3. The maximum Gasteiger partial charge on any atom is 0.197 e. The first-order chi connectivity index (χ1) is 29.1. The Kier molecular flexibility index (Phi) is 6.57. The molecular formula is C55H40BN2O2. The molecule has 0 atom stereocenters. The zero-order valence-electron chi connectivity index (χ0n) is 34.2.